The fourth-order valence-electron chi connectivity index (χ4n) is 1.81. The summed E-state index contributed by atoms with van der Waals surface area (Å²) in [6, 6.07) is 3.46. The van der Waals surface area contributed by atoms with Gasteiger partial charge >= 0.3 is 11.9 Å². The fraction of sp³-hybridized carbons (Fsp3) is 0.429. The molecule has 9 heteroatoms. The molecule has 2 aliphatic heterocycles. The van der Waals surface area contributed by atoms with E-state index in [2.05, 4.69) is 0 Å². The average molecular weight is 323 g/mol. The van der Waals surface area contributed by atoms with E-state index >= 15 is 0 Å². The van der Waals surface area contributed by atoms with Crippen molar-refractivity contribution in [2.45, 2.75) is 12.2 Å². The number of ether oxygens (including phenoxy) is 4. The average Bonchev–Trinajstić information content (AvgIpc) is 3.44. The SMILES string of the molecule is O=C(OCC1CO1)c1ccc(C(=O)OCC2CO2)c([N+](=O)[O-])c1. The van der Waals surface area contributed by atoms with Crippen molar-refractivity contribution in [3.05, 3.63) is 39.4 Å². The van der Waals surface area contributed by atoms with Crippen LogP contribution in [0.2, 0.25) is 0 Å². The second-order valence-corrected chi connectivity index (χ2v) is 5.10. The first-order chi connectivity index (χ1) is 11.0. The highest BCUT2D eigenvalue weighted by atomic mass is 16.6. The van der Waals surface area contributed by atoms with Crippen molar-refractivity contribution in [1.29, 1.82) is 0 Å². The number of nitro groups is 1. The van der Waals surface area contributed by atoms with Crippen LogP contribution in [-0.4, -0.2) is 55.5 Å². The van der Waals surface area contributed by atoms with Gasteiger partial charge in [-0.3, -0.25) is 10.1 Å². The smallest absolute Gasteiger partial charge is 0.345 e. The second-order valence-electron chi connectivity index (χ2n) is 5.10. The summed E-state index contributed by atoms with van der Waals surface area (Å²) in [6.07, 6.45) is -0.246. The van der Waals surface area contributed by atoms with E-state index in [1.165, 1.54) is 12.1 Å². The van der Waals surface area contributed by atoms with Gasteiger partial charge in [0, 0.05) is 6.07 Å². The summed E-state index contributed by atoms with van der Waals surface area (Å²) in [5.74, 6) is -1.55. The third-order valence-corrected chi connectivity index (χ3v) is 3.26. The number of hydrogen-bond donors (Lipinski definition) is 0. The van der Waals surface area contributed by atoms with Gasteiger partial charge < -0.3 is 18.9 Å². The quantitative estimate of drug-likeness (QED) is 0.311. The maximum Gasteiger partial charge on any atom is 0.345 e. The Labute approximate surface area is 130 Å². The van der Waals surface area contributed by atoms with Crippen molar-refractivity contribution < 1.29 is 33.5 Å². The van der Waals surface area contributed by atoms with Gasteiger partial charge in [0.2, 0.25) is 0 Å². The van der Waals surface area contributed by atoms with Gasteiger partial charge in [-0.1, -0.05) is 0 Å². The van der Waals surface area contributed by atoms with E-state index in [9.17, 15) is 19.7 Å². The van der Waals surface area contributed by atoms with Crippen LogP contribution < -0.4 is 0 Å². The lowest BCUT2D eigenvalue weighted by molar-refractivity contribution is -0.385. The summed E-state index contributed by atoms with van der Waals surface area (Å²) < 4.78 is 19.7. The standard InChI is InChI=1S/C14H13NO8/c16-13(22-6-9-4-20-9)8-1-2-11(12(3-8)15(18)19)14(17)23-7-10-5-21-10/h1-3,9-10H,4-7H2. The predicted molar refractivity (Wildman–Crippen MR) is 73.1 cm³/mol. The topological polar surface area (TPSA) is 121 Å². The monoisotopic (exact) mass is 323 g/mol. The zero-order valence-corrected chi connectivity index (χ0v) is 11.9. The van der Waals surface area contributed by atoms with Crippen molar-refractivity contribution in [3.8, 4) is 0 Å². The molecule has 2 saturated heterocycles. The van der Waals surface area contributed by atoms with Crippen LogP contribution in [0.5, 0.6) is 0 Å². The van der Waals surface area contributed by atoms with E-state index in [1.807, 2.05) is 0 Å². The van der Waals surface area contributed by atoms with Crippen LogP contribution in [0.25, 0.3) is 0 Å². The Morgan fingerprint density at radius 3 is 2.22 bits per heavy atom. The number of hydrogen-bond acceptors (Lipinski definition) is 8. The minimum Gasteiger partial charge on any atom is -0.459 e. The maximum absolute atomic E-state index is 11.9. The maximum atomic E-state index is 11.9. The summed E-state index contributed by atoms with van der Waals surface area (Å²) in [4.78, 5) is 34.1. The van der Waals surface area contributed by atoms with Gasteiger partial charge in [-0.2, -0.15) is 0 Å². The van der Waals surface area contributed by atoms with E-state index in [0.29, 0.717) is 13.2 Å². The molecule has 2 aliphatic rings. The van der Waals surface area contributed by atoms with Gasteiger partial charge in [0.05, 0.1) is 23.7 Å². The number of nitrogens with zero attached hydrogens (tertiary/aromatic N) is 1. The lowest BCUT2D eigenvalue weighted by Crippen LogP contribution is -2.14. The van der Waals surface area contributed by atoms with Crippen molar-refractivity contribution >= 4 is 17.6 Å². The summed E-state index contributed by atoms with van der Waals surface area (Å²) in [5.41, 5.74) is -0.749. The van der Waals surface area contributed by atoms with E-state index in [-0.39, 0.29) is 36.5 Å². The second kappa shape index (κ2) is 6.31. The number of benzene rings is 1. The molecule has 0 N–H and O–H groups in total. The van der Waals surface area contributed by atoms with E-state index in [4.69, 9.17) is 18.9 Å². The molecule has 0 aliphatic carbocycles. The molecule has 3 rings (SSSR count). The molecule has 122 valence electrons. The molecule has 1 aromatic carbocycles. The van der Waals surface area contributed by atoms with Gasteiger partial charge in [-0.15, -0.1) is 0 Å². The highest BCUT2D eigenvalue weighted by Gasteiger charge is 2.29. The minimum absolute atomic E-state index is 0.0144. The molecule has 23 heavy (non-hydrogen) atoms. The van der Waals surface area contributed by atoms with Crippen molar-refractivity contribution in [2.24, 2.45) is 0 Å². The van der Waals surface area contributed by atoms with Gasteiger partial charge in [-0.25, -0.2) is 9.59 Å². The van der Waals surface area contributed by atoms with Crippen LogP contribution in [0, 0.1) is 10.1 Å². The summed E-state index contributed by atoms with van der Waals surface area (Å²) in [5, 5.41) is 11.1. The lowest BCUT2D eigenvalue weighted by Gasteiger charge is -2.06. The van der Waals surface area contributed by atoms with Crippen LogP contribution in [0.15, 0.2) is 18.2 Å². The van der Waals surface area contributed by atoms with Crippen molar-refractivity contribution in [1.82, 2.24) is 0 Å². The van der Waals surface area contributed by atoms with Crippen molar-refractivity contribution in [3.63, 3.8) is 0 Å². The molecule has 0 amide bonds. The first kappa shape index (κ1) is 15.4. The molecule has 9 nitrogen and oxygen atoms in total. The normalized spacial score (nSPS) is 21.4. The molecule has 2 atom stereocenters. The third-order valence-electron chi connectivity index (χ3n) is 3.26. The van der Waals surface area contributed by atoms with Crippen LogP contribution in [0.4, 0.5) is 5.69 Å². The van der Waals surface area contributed by atoms with Crippen LogP contribution >= 0.6 is 0 Å². The Kier molecular flexibility index (Phi) is 4.22. The fourth-order valence-corrected chi connectivity index (χ4v) is 1.81. The molecule has 2 heterocycles. The highest BCUT2D eigenvalue weighted by Crippen LogP contribution is 2.23. The molecule has 0 saturated carbocycles. The molecule has 0 spiro atoms. The zero-order valence-electron chi connectivity index (χ0n) is 11.9. The number of epoxide rings is 2. The zero-order chi connectivity index (χ0) is 16.4. The minimum atomic E-state index is -0.835. The molecular weight excluding hydrogens is 310 g/mol. The van der Waals surface area contributed by atoms with Crippen molar-refractivity contribution in [2.75, 3.05) is 26.4 Å². The first-order valence-electron chi connectivity index (χ1n) is 6.90. The van der Waals surface area contributed by atoms with E-state index < -0.39 is 22.5 Å². The largest absolute Gasteiger partial charge is 0.459 e. The van der Waals surface area contributed by atoms with Crippen LogP contribution in [0.1, 0.15) is 20.7 Å². The van der Waals surface area contributed by atoms with Gasteiger partial charge in [-0.05, 0) is 12.1 Å². The third kappa shape index (κ3) is 4.02. The molecule has 1 aromatic rings. The lowest BCUT2D eigenvalue weighted by atomic mass is 10.1. The number of rotatable bonds is 7. The van der Waals surface area contributed by atoms with E-state index in [1.54, 1.807) is 0 Å². The Hall–Kier alpha value is -2.52. The molecule has 0 bridgehead atoms. The predicted octanol–water partition coefficient (Wildman–Crippen LogP) is 0.706. The number of nitro benzene ring substituents is 1. The van der Waals surface area contributed by atoms with Gasteiger partial charge in [0.1, 0.15) is 31.0 Å². The summed E-state index contributed by atoms with van der Waals surface area (Å²) in [7, 11) is 0. The summed E-state index contributed by atoms with van der Waals surface area (Å²) >= 11 is 0. The number of esters is 2. The molecule has 0 aromatic heterocycles. The molecule has 2 unspecified atom stereocenters. The Bertz CT molecular complexity index is 650. The molecule has 2 fully saturated rings. The van der Waals surface area contributed by atoms with Crippen LogP contribution in [-0.2, 0) is 18.9 Å². The molecule has 0 radical (unpaired) electrons. The summed E-state index contributed by atoms with van der Waals surface area (Å²) in [6.45, 7) is 1.17. The Morgan fingerprint density at radius 1 is 1.13 bits per heavy atom. The van der Waals surface area contributed by atoms with Gasteiger partial charge in [0.15, 0.2) is 0 Å². The highest BCUT2D eigenvalue weighted by molar-refractivity contribution is 5.97. The molecular formula is C14H13NO8. The van der Waals surface area contributed by atoms with Crippen LogP contribution in [0.3, 0.4) is 0 Å². The van der Waals surface area contributed by atoms with E-state index in [0.717, 1.165) is 6.07 Å². The van der Waals surface area contributed by atoms with Gasteiger partial charge in [0.25, 0.3) is 5.69 Å². The Balaban J connectivity index is 1.72. The Morgan fingerprint density at radius 2 is 1.70 bits per heavy atom. The number of carbonyl (C=O) groups excluding carboxylic acids is 2. The first-order valence-corrected chi connectivity index (χ1v) is 6.90. The number of carbonyl (C=O) groups is 2.